The van der Waals surface area contributed by atoms with E-state index in [1.165, 1.54) is 0 Å². The first-order valence-corrected chi connectivity index (χ1v) is 12.2. The monoisotopic (exact) mass is 479 g/mol. The normalized spacial score (nSPS) is 11.3. The van der Waals surface area contributed by atoms with Crippen LogP contribution in [0.1, 0.15) is 19.8 Å². The van der Waals surface area contributed by atoms with Crippen LogP contribution < -0.4 is 5.32 Å². The van der Waals surface area contributed by atoms with E-state index in [0.29, 0.717) is 17.8 Å². The molecule has 0 atom stereocenters. The number of pyridine rings is 3. The lowest BCUT2D eigenvalue weighted by atomic mass is 10.1. The second kappa shape index (κ2) is 8.77. The molecule has 0 saturated heterocycles. The number of aromatic amines is 2. The van der Waals surface area contributed by atoms with Gasteiger partial charge >= 0.3 is 0 Å². The Hall–Kier alpha value is -4.37. The summed E-state index contributed by atoms with van der Waals surface area (Å²) in [6.45, 7) is 1.98. The Morgan fingerprint density at radius 3 is 2.80 bits per heavy atom. The third-order valence-electron chi connectivity index (χ3n) is 5.85. The van der Waals surface area contributed by atoms with Crippen molar-refractivity contribution in [1.29, 1.82) is 0 Å². The lowest BCUT2D eigenvalue weighted by molar-refractivity contribution is -0.116. The number of aromatic nitrogens is 6. The van der Waals surface area contributed by atoms with Gasteiger partial charge in [0.05, 0.1) is 29.0 Å². The molecule has 0 unspecified atom stereocenters. The molecule has 6 aromatic heterocycles. The average molecular weight is 480 g/mol. The number of hydrogen-bond donors (Lipinski definition) is 3. The molecule has 0 bridgehead atoms. The quantitative estimate of drug-likeness (QED) is 0.270. The van der Waals surface area contributed by atoms with Crippen LogP contribution in [-0.4, -0.2) is 36.0 Å². The van der Waals surface area contributed by atoms with Crippen LogP contribution in [0.5, 0.6) is 0 Å². The Balaban J connectivity index is 1.40. The van der Waals surface area contributed by atoms with Gasteiger partial charge in [0.25, 0.3) is 0 Å². The van der Waals surface area contributed by atoms with E-state index in [4.69, 9.17) is 0 Å². The van der Waals surface area contributed by atoms with Crippen molar-refractivity contribution in [2.45, 2.75) is 19.8 Å². The number of carbonyl (C=O) groups is 1. The number of rotatable bonds is 6. The average Bonchev–Trinajstić information content (AvgIpc) is 3.63. The number of anilines is 1. The SMILES string of the molecule is CCCC(=O)Nc1cncc(-c2cnc3n[nH]c(-c4cc5c(-c6ccsc6)nccc5[nH]4)c3c2)c1. The van der Waals surface area contributed by atoms with Gasteiger partial charge in [-0.05, 0) is 42.1 Å². The molecule has 6 rings (SSSR count). The van der Waals surface area contributed by atoms with Gasteiger partial charge in [-0.1, -0.05) is 6.92 Å². The van der Waals surface area contributed by atoms with E-state index >= 15 is 0 Å². The van der Waals surface area contributed by atoms with E-state index in [0.717, 1.165) is 56.5 Å². The van der Waals surface area contributed by atoms with Gasteiger partial charge in [0.15, 0.2) is 5.65 Å². The number of amides is 1. The molecule has 0 radical (unpaired) electrons. The first kappa shape index (κ1) is 21.2. The second-order valence-corrected chi connectivity index (χ2v) is 9.05. The number of nitrogens with zero attached hydrogens (tertiary/aromatic N) is 4. The molecule has 3 N–H and O–H groups in total. The zero-order valence-electron chi connectivity index (χ0n) is 18.9. The summed E-state index contributed by atoms with van der Waals surface area (Å²) in [6.07, 6.45) is 8.27. The van der Waals surface area contributed by atoms with Crippen LogP contribution in [0.3, 0.4) is 0 Å². The van der Waals surface area contributed by atoms with E-state index in [1.54, 1.807) is 29.9 Å². The standard InChI is InChI=1S/C26H21N7OS/c1-2-3-23(34)30-18-8-16(11-27-13-18)17-9-20-25(32-33-26(20)29-12-17)22-10-19-21(31-22)4-6-28-24(19)15-5-7-35-14-15/h4-14,31H,2-3H2,1H3,(H,30,34)(H,29,32,33). The van der Waals surface area contributed by atoms with Crippen molar-refractivity contribution < 1.29 is 4.79 Å². The topological polar surface area (TPSA) is 112 Å². The number of hydrogen-bond acceptors (Lipinski definition) is 6. The fourth-order valence-corrected chi connectivity index (χ4v) is 4.84. The van der Waals surface area contributed by atoms with Crippen molar-refractivity contribution in [1.82, 2.24) is 30.1 Å². The number of thiophene rings is 1. The molecule has 35 heavy (non-hydrogen) atoms. The van der Waals surface area contributed by atoms with Crippen molar-refractivity contribution in [2.75, 3.05) is 5.32 Å². The van der Waals surface area contributed by atoms with Crippen LogP contribution in [0.2, 0.25) is 0 Å². The highest BCUT2D eigenvalue weighted by Gasteiger charge is 2.15. The Bertz CT molecular complexity index is 1670. The van der Waals surface area contributed by atoms with Gasteiger partial charge in [0.1, 0.15) is 0 Å². The molecule has 8 nitrogen and oxygen atoms in total. The predicted octanol–water partition coefficient (Wildman–Crippen LogP) is 6.03. The third kappa shape index (κ3) is 3.95. The fraction of sp³-hybridized carbons (Fsp3) is 0.115. The molecule has 0 aliphatic carbocycles. The summed E-state index contributed by atoms with van der Waals surface area (Å²) in [5.41, 5.74) is 7.84. The van der Waals surface area contributed by atoms with E-state index in [1.807, 2.05) is 31.3 Å². The molecule has 6 heterocycles. The summed E-state index contributed by atoms with van der Waals surface area (Å²) >= 11 is 1.65. The summed E-state index contributed by atoms with van der Waals surface area (Å²) in [5, 5.41) is 16.5. The van der Waals surface area contributed by atoms with Crippen molar-refractivity contribution >= 4 is 44.9 Å². The molecule has 0 aromatic carbocycles. The van der Waals surface area contributed by atoms with Crippen LogP contribution in [0, 0.1) is 0 Å². The lowest BCUT2D eigenvalue weighted by Gasteiger charge is -2.07. The van der Waals surface area contributed by atoms with Gasteiger partial charge in [-0.2, -0.15) is 16.4 Å². The van der Waals surface area contributed by atoms with Crippen molar-refractivity contribution in [3.63, 3.8) is 0 Å². The Morgan fingerprint density at radius 1 is 1.03 bits per heavy atom. The van der Waals surface area contributed by atoms with E-state index in [-0.39, 0.29) is 5.91 Å². The number of carbonyl (C=O) groups excluding carboxylic acids is 1. The minimum Gasteiger partial charge on any atom is -0.353 e. The van der Waals surface area contributed by atoms with Crippen LogP contribution in [0.25, 0.3) is 55.7 Å². The summed E-state index contributed by atoms with van der Waals surface area (Å²) in [5.74, 6) is -0.0210. The van der Waals surface area contributed by atoms with Gasteiger partial charge in [-0.25, -0.2) is 4.98 Å². The van der Waals surface area contributed by atoms with E-state index in [9.17, 15) is 4.79 Å². The zero-order valence-corrected chi connectivity index (χ0v) is 19.7. The van der Waals surface area contributed by atoms with E-state index in [2.05, 4.69) is 58.3 Å². The minimum absolute atomic E-state index is 0.0210. The summed E-state index contributed by atoms with van der Waals surface area (Å²) in [4.78, 5) is 29.0. The first-order valence-electron chi connectivity index (χ1n) is 11.3. The van der Waals surface area contributed by atoms with Gasteiger partial charge in [-0.3, -0.25) is 19.9 Å². The maximum Gasteiger partial charge on any atom is 0.224 e. The van der Waals surface area contributed by atoms with Gasteiger partial charge in [-0.15, -0.1) is 0 Å². The highest BCUT2D eigenvalue weighted by atomic mass is 32.1. The smallest absolute Gasteiger partial charge is 0.224 e. The second-order valence-electron chi connectivity index (χ2n) is 8.27. The summed E-state index contributed by atoms with van der Waals surface area (Å²) in [7, 11) is 0. The van der Waals surface area contributed by atoms with Gasteiger partial charge in [0.2, 0.25) is 5.91 Å². The largest absolute Gasteiger partial charge is 0.353 e. The van der Waals surface area contributed by atoms with E-state index < -0.39 is 0 Å². The highest BCUT2D eigenvalue weighted by Crippen LogP contribution is 2.34. The summed E-state index contributed by atoms with van der Waals surface area (Å²) in [6, 6.07) is 10.1. The molecule has 0 spiro atoms. The predicted molar refractivity (Wildman–Crippen MR) is 139 cm³/mol. The lowest BCUT2D eigenvalue weighted by Crippen LogP contribution is -2.10. The molecular weight excluding hydrogens is 458 g/mol. The van der Waals surface area contributed by atoms with Crippen molar-refractivity contribution in [3.8, 4) is 33.8 Å². The molecule has 0 saturated carbocycles. The Labute approximate surface area is 204 Å². The third-order valence-corrected chi connectivity index (χ3v) is 6.54. The van der Waals surface area contributed by atoms with Crippen LogP contribution in [0.15, 0.2) is 65.9 Å². The minimum atomic E-state index is -0.0210. The maximum absolute atomic E-state index is 12.0. The zero-order chi connectivity index (χ0) is 23.8. The maximum atomic E-state index is 12.0. The Kier molecular flexibility index (Phi) is 5.31. The molecule has 6 aromatic rings. The van der Waals surface area contributed by atoms with Gasteiger partial charge in [0, 0.05) is 63.4 Å². The number of fused-ring (bicyclic) bond motifs is 2. The molecule has 0 aliphatic heterocycles. The van der Waals surface area contributed by atoms with Crippen LogP contribution >= 0.6 is 11.3 Å². The van der Waals surface area contributed by atoms with Crippen LogP contribution in [0.4, 0.5) is 5.69 Å². The molecule has 1 amide bonds. The Morgan fingerprint density at radius 2 is 1.94 bits per heavy atom. The highest BCUT2D eigenvalue weighted by molar-refractivity contribution is 7.08. The first-order chi connectivity index (χ1) is 17.2. The molecular formula is C26H21N7OS. The molecule has 0 aliphatic rings. The molecule has 172 valence electrons. The molecule has 0 fully saturated rings. The van der Waals surface area contributed by atoms with Crippen LogP contribution in [-0.2, 0) is 4.79 Å². The van der Waals surface area contributed by atoms with Gasteiger partial charge < -0.3 is 10.3 Å². The van der Waals surface area contributed by atoms with Crippen molar-refractivity contribution in [2.24, 2.45) is 0 Å². The number of nitrogens with one attached hydrogen (secondary N) is 3. The summed E-state index contributed by atoms with van der Waals surface area (Å²) < 4.78 is 0. The fourth-order valence-electron chi connectivity index (χ4n) is 4.20. The van der Waals surface area contributed by atoms with Crippen molar-refractivity contribution in [3.05, 3.63) is 65.9 Å². The molecule has 9 heteroatoms. The number of H-pyrrole nitrogens is 2.